The second kappa shape index (κ2) is 8.96. The molecule has 0 N–H and O–H groups in total. The number of unbranched alkanes of at least 4 members (excludes halogenated alkanes) is 3. The molecule has 0 unspecified atom stereocenters. The van der Waals surface area contributed by atoms with Gasteiger partial charge in [-0.1, -0.05) is 77.3 Å². The smallest absolute Gasteiger partial charge is 0.112 e. The molecule has 1 nitrogen and oxygen atoms in total. The highest BCUT2D eigenvalue weighted by molar-refractivity contribution is 5.71. The molecule has 0 atom stereocenters. The van der Waals surface area contributed by atoms with Crippen molar-refractivity contribution >= 4 is 0 Å². The van der Waals surface area contributed by atoms with Gasteiger partial charge in [-0.25, -0.2) is 0 Å². The van der Waals surface area contributed by atoms with E-state index in [0.717, 1.165) is 12.8 Å². The van der Waals surface area contributed by atoms with Crippen LogP contribution < -0.4 is 0 Å². The van der Waals surface area contributed by atoms with E-state index in [1.54, 1.807) is 0 Å². The zero-order chi connectivity index (χ0) is 16.7. The second-order valence-corrected chi connectivity index (χ2v) is 6.82. The number of rotatable bonds is 9. The van der Waals surface area contributed by atoms with E-state index in [1.807, 2.05) is 0 Å². The third-order valence-corrected chi connectivity index (χ3v) is 4.49. The predicted molar refractivity (Wildman–Crippen MR) is 100 cm³/mol. The first kappa shape index (κ1) is 17.8. The van der Waals surface area contributed by atoms with Crippen molar-refractivity contribution in [3.63, 3.8) is 0 Å². The lowest BCUT2D eigenvalue weighted by Crippen LogP contribution is -1.95. The van der Waals surface area contributed by atoms with E-state index in [4.69, 9.17) is 4.42 Å². The molecule has 0 aliphatic rings. The van der Waals surface area contributed by atoms with Crippen molar-refractivity contribution in [2.75, 3.05) is 0 Å². The van der Waals surface area contributed by atoms with Crippen molar-refractivity contribution in [2.24, 2.45) is 0 Å². The Labute approximate surface area is 142 Å². The van der Waals surface area contributed by atoms with Crippen molar-refractivity contribution in [3.8, 4) is 11.1 Å². The second-order valence-electron chi connectivity index (χ2n) is 6.82. The lowest BCUT2D eigenvalue weighted by Gasteiger charge is -2.09. The molecule has 1 aromatic heterocycles. The Morgan fingerprint density at radius 1 is 0.870 bits per heavy atom. The van der Waals surface area contributed by atoms with Gasteiger partial charge in [0.25, 0.3) is 0 Å². The first-order valence-corrected chi connectivity index (χ1v) is 9.38. The van der Waals surface area contributed by atoms with Crippen LogP contribution in [0.4, 0.5) is 0 Å². The van der Waals surface area contributed by atoms with Crippen molar-refractivity contribution in [2.45, 2.75) is 78.6 Å². The van der Waals surface area contributed by atoms with Gasteiger partial charge in [-0.2, -0.15) is 0 Å². The Morgan fingerprint density at radius 2 is 1.57 bits per heavy atom. The van der Waals surface area contributed by atoms with Crippen LogP contribution in [-0.2, 0) is 12.8 Å². The molecule has 2 rings (SSSR count). The molecule has 0 amide bonds. The highest BCUT2D eigenvalue weighted by Crippen LogP contribution is 2.38. The van der Waals surface area contributed by atoms with Crippen molar-refractivity contribution in [1.29, 1.82) is 0 Å². The summed E-state index contributed by atoms with van der Waals surface area (Å²) in [4.78, 5) is 0. The van der Waals surface area contributed by atoms with Gasteiger partial charge in [-0.15, -0.1) is 0 Å². The summed E-state index contributed by atoms with van der Waals surface area (Å²) in [5.74, 6) is 2.86. The number of benzene rings is 1. The average molecular weight is 312 g/mol. The van der Waals surface area contributed by atoms with Crippen LogP contribution in [0.2, 0.25) is 0 Å². The molecule has 0 fully saturated rings. The number of aryl methyl sites for hydroxylation is 1. The molecule has 0 bridgehead atoms. The van der Waals surface area contributed by atoms with Crippen LogP contribution >= 0.6 is 0 Å². The molecule has 0 radical (unpaired) electrons. The summed E-state index contributed by atoms with van der Waals surface area (Å²) in [5.41, 5.74) is 4.17. The van der Waals surface area contributed by atoms with E-state index in [0.29, 0.717) is 5.92 Å². The molecule has 1 heterocycles. The Balaban J connectivity index is 2.47. The molecule has 0 aliphatic heterocycles. The first-order valence-electron chi connectivity index (χ1n) is 9.38. The highest BCUT2D eigenvalue weighted by Gasteiger charge is 2.22. The van der Waals surface area contributed by atoms with Crippen molar-refractivity contribution in [1.82, 2.24) is 0 Å². The largest absolute Gasteiger partial charge is 0.465 e. The zero-order valence-electron chi connectivity index (χ0n) is 15.3. The van der Waals surface area contributed by atoms with Gasteiger partial charge in [0.05, 0.1) is 0 Å². The van der Waals surface area contributed by atoms with Crippen LogP contribution in [0.5, 0.6) is 0 Å². The first-order chi connectivity index (χ1) is 11.2. The third kappa shape index (κ3) is 4.50. The monoisotopic (exact) mass is 312 g/mol. The van der Waals surface area contributed by atoms with Gasteiger partial charge >= 0.3 is 0 Å². The topological polar surface area (TPSA) is 13.1 Å². The molecule has 2 aromatic rings. The molecule has 0 saturated heterocycles. The number of hydrogen-bond donors (Lipinski definition) is 0. The summed E-state index contributed by atoms with van der Waals surface area (Å²) in [6.07, 6.45) is 8.40. The summed E-state index contributed by atoms with van der Waals surface area (Å²) in [5, 5.41) is 0. The lowest BCUT2D eigenvalue weighted by molar-refractivity contribution is 0.439. The predicted octanol–water partition coefficient (Wildman–Crippen LogP) is 7.15. The van der Waals surface area contributed by atoms with Crippen LogP contribution in [0, 0.1) is 0 Å². The zero-order valence-corrected chi connectivity index (χ0v) is 15.3. The Kier molecular flexibility index (Phi) is 6.95. The van der Waals surface area contributed by atoms with Gasteiger partial charge in [0, 0.05) is 23.5 Å². The van der Waals surface area contributed by atoms with Crippen LogP contribution in [0.25, 0.3) is 11.1 Å². The maximum atomic E-state index is 6.39. The molecule has 1 heteroatoms. The molecule has 0 aliphatic carbocycles. The SMILES string of the molecule is CCCCCc1c(C(C)C)oc(CCCC)c1-c1ccccc1. The number of hydrogen-bond acceptors (Lipinski definition) is 1. The van der Waals surface area contributed by atoms with Crippen LogP contribution in [0.1, 0.15) is 82.8 Å². The van der Waals surface area contributed by atoms with E-state index < -0.39 is 0 Å². The minimum absolute atomic E-state index is 0.449. The standard InChI is InChI=1S/C22H32O/c1-5-7-10-15-19-21(18-13-11-9-12-14-18)20(16-8-6-2)23-22(19)17(3)4/h9,11-14,17H,5-8,10,15-16H2,1-4H3. The van der Waals surface area contributed by atoms with Gasteiger partial charge in [0.15, 0.2) is 0 Å². The molecule has 1 aromatic carbocycles. The quantitative estimate of drug-likeness (QED) is 0.448. The van der Waals surface area contributed by atoms with E-state index in [9.17, 15) is 0 Å². The normalized spacial score (nSPS) is 11.3. The fourth-order valence-electron chi connectivity index (χ4n) is 3.26. The highest BCUT2D eigenvalue weighted by atomic mass is 16.3. The number of furan rings is 1. The molecule has 0 saturated carbocycles. The van der Waals surface area contributed by atoms with Gasteiger partial charge in [-0.05, 0) is 24.8 Å². The Morgan fingerprint density at radius 3 is 2.17 bits per heavy atom. The van der Waals surface area contributed by atoms with Crippen LogP contribution in [-0.4, -0.2) is 0 Å². The van der Waals surface area contributed by atoms with E-state index in [2.05, 4.69) is 58.0 Å². The molecule has 126 valence electrons. The maximum absolute atomic E-state index is 6.39. The van der Waals surface area contributed by atoms with E-state index >= 15 is 0 Å². The van der Waals surface area contributed by atoms with Gasteiger partial charge < -0.3 is 4.42 Å². The maximum Gasteiger partial charge on any atom is 0.112 e. The summed E-state index contributed by atoms with van der Waals surface area (Å²) in [7, 11) is 0. The third-order valence-electron chi connectivity index (χ3n) is 4.49. The summed E-state index contributed by atoms with van der Waals surface area (Å²) in [6, 6.07) is 10.8. The van der Waals surface area contributed by atoms with Crippen LogP contribution in [0.3, 0.4) is 0 Å². The van der Waals surface area contributed by atoms with Gasteiger partial charge in [0.2, 0.25) is 0 Å². The van der Waals surface area contributed by atoms with Crippen LogP contribution in [0.15, 0.2) is 34.7 Å². The summed E-state index contributed by atoms with van der Waals surface area (Å²) in [6.45, 7) is 9.02. The van der Waals surface area contributed by atoms with Gasteiger partial charge in [0.1, 0.15) is 11.5 Å². The summed E-state index contributed by atoms with van der Waals surface area (Å²) >= 11 is 0. The van der Waals surface area contributed by atoms with Crippen molar-refractivity contribution in [3.05, 3.63) is 47.4 Å². The summed E-state index contributed by atoms with van der Waals surface area (Å²) < 4.78 is 6.39. The average Bonchev–Trinajstić information content (AvgIpc) is 2.93. The lowest BCUT2D eigenvalue weighted by atomic mass is 9.92. The Bertz CT molecular complexity index is 578. The van der Waals surface area contributed by atoms with Crippen molar-refractivity contribution < 1.29 is 4.42 Å². The molecular weight excluding hydrogens is 280 g/mol. The molecular formula is C22H32O. The minimum atomic E-state index is 0.449. The van der Waals surface area contributed by atoms with Gasteiger partial charge in [-0.3, -0.25) is 0 Å². The molecule has 0 spiro atoms. The Hall–Kier alpha value is -1.50. The fourth-order valence-corrected chi connectivity index (χ4v) is 3.26. The fraction of sp³-hybridized carbons (Fsp3) is 0.545. The van der Waals surface area contributed by atoms with E-state index in [1.165, 1.54) is 60.3 Å². The van der Waals surface area contributed by atoms with E-state index in [-0.39, 0.29) is 0 Å². The molecule has 23 heavy (non-hydrogen) atoms. The minimum Gasteiger partial charge on any atom is -0.465 e.